The molecule has 0 saturated carbocycles. The van der Waals surface area contributed by atoms with Gasteiger partial charge in [-0.25, -0.2) is 4.79 Å². The van der Waals surface area contributed by atoms with Crippen molar-refractivity contribution in [3.8, 4) is 0 Å². The van der Waals surface area contributed by atoms with E-state index in [2.05, 4.69) is 0 Å². The largest absolute Gasteiger partial charge is 0.462 e. The summed E-state index contributed by atoms with van der Waals surface area (Å²) in [7, 11) is 0. The van der Waals surface area contributed by atoms with E-state index in [1.807, 2.05) is 30.3 Å². The zero-order chi connectivity index (χ0) is 17.8. The molecule has 1 unspecified atom stereocenters. The molecule has 5 heteroatoms. The molecule has 5 nitrogen and oxygen atoms in total. The average Bonchev–Trinajstić information content (AvgIpc) is 2.90. The number of ether oxygens (including phenoxy) is 1. The summed E-state index contributed by atoms with van der Waals surface area (Å²) in [4.78, 5) is 37.9. The Bertz CT molecular complexity index is 783. The monoisotopic (exact) mass is 337 g/mol. The summed E-state index contributed by atoms with van der Waals surface area (Å²) in [5, 5.41) is 0. The molecule has 25 heavy (non-hydrogen) atoms. The van der Waals surface area contributed by atoms with Crippen molar-refractivity contribution in [2.75, 3.05) is 11.5 Å². The predicted molar refractivity (Wildman–Crippen MR) is 93.1 cm³/mol. The number of hydrogen-bond donors (Lipinski definition) is 0. The average molecular weight is 337 g/mol. The summed E-state index contributed by atoms with van der Waals surface area (Å²) < 4.78 is 4.93. The Morgan fingerprint density at radius 2 is 1.76 bits per heavy atom. The number of benzene rings is 2. The van der Waals surface area contributed by atoms with Gasteiger partial charge in [0.2, 0.25) is 11.8 Å². The molecule has 0 aliphatic carbocycles. The second kappa shape index (κ2) is 7.30. The molecule has 1 heterocycles. The van der Waals surface area contributed by atoms with Crippen LogP contribution < -0.4 is 4.90 Å². The van der Waals surface area contributed by atoms with Gasteiger partial charge in [0, 0.05) is 6.42 Å². The number of nitrogens with zero attached hydrogens (tertiary/aromatic N) is 1. The quantitative estimate of drug-likeness (QED) is 0.621. The molecule has 1 saturated heterocycles. The third kappa shape index (κ3) is 3.60. The smallest absolute Gasteiger partial charge is 0.338 e. The number of rotatable bonds is 5. The second-order valence-corrected chi connectivity index (χ2v) is 5.93. The number of imide groups is 1. The van der Waals surface area contributed by atoms with Crippen LogP contribution in [0.25, 0.3) is 0 Å². The van der Waals surface area contributed by atoms with Crippen molar-refractivity contribution in [1.29, 1.82) is 0 Å². The van der Waals surface area contributed by atoms with Gasteiger partial charge in [0.25, 0.3) is 0 Å². The van der Waals surface area contributed by atoms with Crippen LogP contribution in [-0.2, 0) is 20.7 Å². The summed E-state index contributed by atoms with van der Waals surface area (Å²) in [5.41, 5.74) is 1.91. The van der Waals surface area contributed by atoms with E-state index in [0.29, 0.717) is 24.3 Å². The number of anilines is 1. The molecule has 1 fully saturated rings. The Hall–Kier alpha value is -2.95. The van der Waals surface area contributed by atoms with E-state index in [9.17, 15) is 14.4 Å². The number of amides is 2. The Morgan fingerprint density at radius 3 is 2.40 bits per heavy atom. The molecule has 0 N–H and O–H groups in total. The Labute approximate surface area is 146 Å². The zero-order valence-corrected chi connectivity index (χ0v) is 14.0. The molecule has 2 aromatic rings. The summed E-state index contributed by atoms with van der Waals surface area (Å²) in [6.07, 6.45) is 0.746. The van der Waals surface area contributed by atoms with E-state index < -0.39 is 5.97 Å². The van der Waals surface area contributed by atoms with E-state index in [-0.39, 0.29) is 24.2 Å². The maximum Gasteiger partial charge on any atom is 0.338 e. The summed E-state index contributed by atoms with van der Waals surface area (Å²) >= 11 is 0. The second-order valence-electron chi connectivity index (χ2n) is 5.93. The van der Waals surface area contributed by atoms with Gasteiger partial charge in [0.15, 0.2) is 0 Å². The predicted octanol–water partition coefficient (Wildman–Crippen LogP) is 2.99. The van der Waals surface area contributed by atoms with Crippen LogP contribution in [0.2, 0.25) is 0 Å². The summed E-state index contributed by atoms with van der Waals surface area (Å²) in [5.74, 6) is -1.18. The van der Waals surface area contributed by atoms with Gasteiger partial charge in [-0.05, 0) is 43.2 Å². The highest BCUT2D eigenvalue weighted by molar-refractivity contribution is 6.21. The lowest BCUT2D eigenvalue weighted by molar-refractivity contribution is -0.122. The van der Waals surface area contributed by atoms with E-state index in [0.717, 1.165) is 5.56 Å². The first kappa shape index (κ1) is 16.9. The highest BCUT2D eigenvalue weighted by Gasteiger charge is 2.39. The minimum absolute atomic E-state index is 0.197. The zero-order valence-electron chi connectivity index (χ0n) is 14.0. The summed E-state index contributed by atoms with van der Waals surface area (Å²) in [6, 6.07) is 16.0. The number of carbonyl (C=O) groups excluding carboxylic acids is 3. The highest BCUT2D eigenvalue weighted by atomic mass is 16.5. The van der Waals surface area contributed by atoms with Crippen LogP contribution in [0.4, 0.5) is 5.69 Å². The fourth-order valence-electron chi connectivity index (χ4n) is 2.99. The van der Waals surface area contributed by atoms with Gasteiger partial charge in [-0.1, -0.05) is 30.3 Å². The van der Waals surface area contributed by atoms with Crippen molar-refractivity contribution in [1.82, 2.24) is 0 Å². The van der Waals surface area contributed by atoms with Crippen LogP contribution in [0, 0.1) is 5.92 Å². The molecule has 0 aromatic heterocycles. The lowest BCUT2D eigenvalue weighted by Gasteiger charge is -2.15. The van der Waals surface area contributed by atoms with Crippen molar-refractivity contribution >= 4 is 23.5 Å². The van der Waals surface area contributed by atoms with Crippen LogP contribution in [0.1, 0.15) is 29.3 Å². The highest BCUT2D eigenvalue weighted by Crippen LogP contribution is 2.29. The normalized spacial score (nSPS) is 17.0. The van der Waals surface area contributed by atoms with Crippen molar-refractivity contribution in [3.63, 3.8) is 0 Å². The lowest BCUT2D eigenvalue weighted by Crippen LogP contribution is -2.30. The van der Waals surface area contributed by atoms with Gasteiger partial charge in [-0.3, -0.25) is 14.5 Å². The molecule has 0 bridgehead atoms. The van der Waals surface area contributed by atoms with Crippen LogP contribution in [0.3, 0.4) is 0 Å². The molecule has 2 amide bonds. The maximum atomic E-state index is 12.7. The standard InChI is InChI=1S/C20H19NO4/c1-2-25-20(24)15-8-10-17(11-9-15)21-18(22)13-16(19(21)23)12-14-6-4-3-5-7-14/h3-11,16H,2,12-13H2,1H3. The Balaban J connectivity index is 1.75. The van der Waals surface area contributed by atoms with Gasteiger partial charge in [-0.2, -0.15) is 0 Å². The molecule has 0 spiro atoms. The van der Waals surface area contributed by atoms with Crippen LogP contribution in [0.5, 0.6) is 0 Å². The van der Waals surface area contributed by atoms with E-state index in [4.69, 9.17) is 4.74 Å². The molecular formula is C20H19NO4. The van der Waals surface area contributed by atoms with Crippen molar-refractivity contribution < 1.29 is 19.1 Å². The van der Waals surface area contributed by atoms with Gasteiger partial charge in [-0.15, -0.1) is 0 Å². The van der Waals surface area contributed by atoms with Gasteiger partial charge < -0.3 is 4.74 Å². The molecule has 128 valence electrons. The summed E-state index contributed by atoms with van der Waals surface area (Å²) in [6.45, 7) is 2.03. The molecule has 0 radical (unpaired) electrons. The third-order valence-electron chi connectivity index (χ3n) is 4.20. The van der Waals surface area contributed by atoms with Gasteiger partial charge >= 0.3 is 5.97 Å². The minimum Gasteiger partial charge on any atom is -0.462 e. The van der Waals surface area contributed by atoms with Crippen LogP contribution in [0.15, 0.2) is 54.6 Å². The SMILES string of the molecule is CCOC(=O)c1ccc(N2C(=O)CC(Cc3ccccc3)C2=O)cc1. The number of carbonyl (C=O) groups is 3. The molecule has 1 atom stereocenters. The third-order valence-corrected chi connectivity index (χ3v) is 4.20. The minimum atomic E-state index is -0.421. The first-order chi connectivity index (χ1) is 12.1. The van der Waals surface area contributed by atoms with Crippen LogP contribution in [-0.4, -0.2) is 24.4 Å². The van der Waals surface area contributed by atoms with Crippen molar-refractivity contribution in [2.45, 2.75) is 19.8 Å². The van der Waals surface area contributed by atoms with Gasteiger partial charge in [0.1, 0.15) is 0 Å². The fourth-order valence-corrected chi connectivity index (χ4v) is 2.99. The molecular weight excluding hydrogens is 318 g/mol. The fraction of sp³-hybridized carbons (Fsp3) is 0.250. The molecule has 1 aliphatic heterocycles. The van der Waals surface area contributed by atoms with E-state index in [1.54, 1.807) is 31.2 Å². The molecule has 3 rings (SSSR count). The first-order valence-electron chi connectivity index (χ1n) is 8.28. The Kier molecular flexibility index (Phi) is 4.93. The van der Waals surface area contributed by atoms with Crippen LogP contribution >= 0.6 is 0 Å². The number of esters is 1. The van der Waals surface area contributed by atoms with Gasteiger partial charge in [0.05, 0.1) is 23.8 Å². The molecule has 2 aromatic carbocycles. The first-order valence-corrected chi connectivity index (χ1v) is 8.28. The Morgan fingerprint density at radius 1 is 1.08 bits per heavy atom. The number of hydrogen-bond acceptors (Lipinski definition) is 4. The topological polar surface area (TPSA) is 63.7 Å². The van der Waals surface area contributed by atoms with E-state index in [1.165, 1.54) is 4.90 Å². The van der Waals surface area contributed by atoms with E-state index >= 15 is 0 Å². The van der Waals surface area contributed by atoms with Crippen molar-refractivity contribution in [2.24, 2.45) is 5.92 Å². The molecule has 1 aliphatic rings. The maximum absolute atomic E-state index is 12.7. The lowest BCUT2D eigenvalue weighted by atomic mass is 9.98. The van der Waals surface area contributed by atoms with Crippen molar-refractivity contribution in [3.05, 3.63) is 65.7 Å².